The van der Waals surface area contributed by atoms with Gasteiger partial charge in [-0.05, 0) is 72.7 Å². The van der Waals surface area contributed by atoms with Gasteiger partial charge in [0.25, 0.3) is 0 Å². The van der Waals surface area contributed by atoms with E-state index in [2.05, 4.69) is 131 Å². The van der Waals surface area contributed by atoms with Crippen molar-refractivity contribution in [3.63, 3.8) is 0 Å². The molecule has 2 heterocycles. The van der Waals surface area contributed by atoms with Crippen molar-refractivity contribution in [2.24, 2.45) is 0 Å². The van der Waals surface area contributed by atoms with Crippen LogP contribution in [0.5, 0.6) is 0 Å². The van der Waals surface area contributed by atoms with Gasteiger partial charge in [0.05, 0.1) is 22.4 Å². The predicted molar refractivity (Wildman–Crippen MR) is 178 cm³/mol. The average molecular weight is 560 g/mol. The maximum Gasteiger partial charge on any atom is 0.145 e. The number of rotatable bonds is 6. The Bertz CT molecular complexity index is 2000. The van der Waals surface area contributed by atoms with E-state index < -0.39 is 0 Å². The minimum Gasteiger partial charge on any atom is -0.309 e. The second-order valence-electron chi connectivity index (χ2n) is 10.1. The Balaban J connectivity index is 1.32. The highest BCUT2D eigenvalue weighted by Gasteiger charge is 2.25. The van der Waals surface area contributed by atoms with Crippen LogP contribution in [0.25, 0.3) is 39.2 Å². The zero-order valence-electron chi connectivity index (χ0n) is 23.3. The van der Waals surface area contributed by atoms with E-state index in [0.29, 0.717) is 0 Å². The Labute approximate surface area is 250 Å². The van der Waals surface area contributed by atoms with Crippen LogP contribution in [-0.2, 0) is 0 Å². The van der Waals surface area contributed by atoms with Gasteiger partial charge in [-0.15, -0.1) is 0 Å². The molecule has 0 N–H and O–H groups in total. The lowest BCUT2D eigenvalue weighted by Crippen LogP contribution is -2.18. The monoisotopic (exact) mass is 559 g/mol. The zero-order valence-corrected chi connectivity index (χ0v) is 24.1. The minimum atomic E-state index is 0.928. The van der Waals surface area contributed by atoms with Crippen molar-refractivity contribution in [2.75, 3.05) is 4.90 Å². The molecule has 0 bridgehead atoms. The topological polar surface area (TPSA) is 21.1 Å². The summed E-state index contributed by atoms with van der Waals surface area (Å²) in [5, 5.41) is 0. The van der Waals surface area contributed by atoms with Gasteiger partial charge in [0, 0.05) is 26.7 Å². The predicted octanol–water partition coefficient (Wildman–Crippen LogP) is 10.6. The first-order chi connectivity index (χ1) is 20.7. The van der Waals surface area contributed by atoms with E-state index in [9.17, 15) is 0 Å². The van der Waals surface area contributed by atoms with Crippen LogP contribution in [0, 0.1) is 0 Å². The number of anilines is 2. The molecule has 0 spiro atoms. The van der Waals surface area contributed by atoms with Crippen LogP contribution >= 0.6 is 11.8 Å². The van der Waals surface area contributed by atoms with Gasteiger partial charge in [0.15, 0.2) is 0 Å². The number of benzene rings is 5. The van der Waals surface area contributed by atoms with Crippen LogP contribution in [0.15, 0.2) is 168 Å². The summed E-state index contributed by atoms with van der Waals surface area (Å²) >= 11 is 1.81. The van der Waals surface area contributed by atoms with E-state index in [4.69, 9.17) is 4.98 Å². The van der Waals surface area contributed by atoms with Gasteiger partial charge in [-0.25, -0.2) is 4.98 Å². The largest absolute Gasteiger partial charge is 0.309 e. The van der Waals surface area contributed by atoms with E-state index in [-0.39, 0.29) is 0 Å². The molecular weight excluding hydrogens is 531 g/mol. The number of hydrogen-bond acceptors (Lipinski definition) is 3. The molecule has 5 aromatic carbocycles. The van der Waals surface area contributed by atoms with Gasteiger partial charge in [0.2, 0.25) is 0 Å². The molecule has 7 rings (SSSR count). The van der Waals surface area contributed by atoms with Crippen molar-refractivity contribution in [2.45, 2.75) is 16.7 Å². The summed E-state index contributed by atoms with van der Waals surface area (Å²) in [4.78, 5) is 9.70. The number of imidazole rings is 1. The first-order valence-electron chi connectivity index (χ1n) is 14.0. The Morgan fingerprint density at radius 3 is 2.31 bits per heavy atom. The normalized spacial score (nSPS) is 12.6. The van der Waals surface area contributed by atoms with Gasteiger partial charge >= 0.3 is 0 Å². The Hall–Kier alpha value is -5.06. The van der Waals surface area contributed by atoms with Crippen molar-refractivity contribution in [3.05, 3.63) is 158 Å². The highest BCUT2D eigenvalue weighted by atomic mass is 32.2. The molecule has 0 atom stereocenters. The second-order valence-corrected chi connectivity index (χ2v) is 11.2. The third kappa shape index (κ3) is 4.66. The van der Waals surface area contributed by atoms with Crippen molar-refractivity contribution >= 4 is 34.2 Å². The van der Waals surface area contributed by atoms with E-state index in [1.54, 1.807) is 0 Å². The van der Waals surface area contributed by atoms with Crippen LogP contribution in [0.2, 0.25) is 0 Å². The van der Waals surface area contributed by atoms with Crippen LogP contribution in [0.1, 0.15) is 6.92 Å². The highest BCUT2D eigenvalue weighted by molar-refractivity contribution is 7.99. The Morgan fingerprint density at radius 2 is 1.43 bits per heavy atom. The summed E-state index contributed by atoms with van der Waals surface area (Å²) in [5.74, 6) is 0.937. The smallest absolute Gasteiger partial charge is 0.145 e. The van der Waals surface area contributed by atoms with E-state index in [0.717, 1.165) is 50.7 Å². The molecule has 0 saturated carbocycles. The molecule has 4 heteroatoms. The number of para-hydroxylation sites is 3. The van der Waals surface area contributed by atoms with Gasteiger partial charge in [0.1, 0.15) is 5.82 Å². The van der Waals surface area contributed by atoms with Crippen LogP contribution in [0.3, 0.4) is 0 Å². The van der Waals surface area contributed by atoms with Crippen LogP contribution in [0.4, 0.5) is 11.4 Å². The maximum absolute atomic E-state index is 5.03. The average Bonchev–Trinajstić information content (AvgIpc) is 3.44. The lowest BCUT2D eigenvalue weighted by Gasteiger charge is -2.33. The van der Waals surface area contributed by atoms with Crippen molar-refractivity contribution < 1.29 is 0 Å². The molecule has 0 amide bonds. The zero-order chi connectivity index (χ0) is 28.5. The molecule has 1 aliphatic rings. The van der Waals surface area contributed by atoms with E-state index >= 15 is 0 Å². The first kappa shape index (κ1) is 25.9. The third-order valence-corrected chi connectivity index (χ3v) is 8.55. The summed E-state index contributed by atoms with van der Waals surface area (Å²) < 4.78 is 2.26. The van der Waals surface area contributed by atoms with Gasteiger partial charge < -0.3 is 4.90 Å². The Kier molecular flexibility index (Phi) is 6.82. The van der Waals surface area contributed by atoms with Crippen molar-refractivity contribution in [1.29, 1.82) is 0 Å². The fourth-order valence-corrected chi connectivity index (χ4v) is 6.59. The van der Waals surface area contributed by atoms with Crippen LogP contribution in [-0.4, -0.2) is 9.55 Å². The first-order valence-corrected chi connectivity index (χ1v) is 14.9. The standard InChI is InChI=1S/C38H29N3S/c1-3-4-6-14-27(2)40-34-21-11-12-22-36(34)42-37-26-30(23-24-35(37)40)29-17-13-18-31(25-29)41-33-20-10-9-19-32(33)39-38(41)28-15-7-5-8-16-28/h3-26H,2H2,1H3/b4-3-,14-6-. The SMILES string of the molecule is C=C(/C=C\C=C/C)N1c2ccccc2Sc2cc(-c3cccc(-n4c(-c5ccccc5)nc5ccccc54)c3)ccc21. The molecule has 42 heavy (non-hydrogen) atoms. The molecule has 0 aliphatic carbocycles. The molecule has 202 valence electrons. The van der Waals surface area contributed by atoms with Gasteiger partial charge in [-0.2, -0.15) is 0 Å². The number of aromatic nitrogens is 2. The molecule has 6 aromatic rings. The summed E-state index contributed by atoms with van der Waals surface area (Å²) in [7, 11) is 0. The summed E-state index contributed by atoms with van der Waals surface area (Å²) in [6.07, 6.45) is 8.15. The fraction of sp³-hybridized carbons (Fsp3) is 0.0263. The molecule has 3 nitrogen and oxygen atoms in total. The number of allylic oxidation sites excluding steroid dienone is 4. The molecule has 0 radical (unpaired) electrons. The molecule has 0 saturated heterocycles. The van der Waals surface area contributed by atoms with Gasteiger partial charge in [-0.1, -0.05) is 109 Å². The lowest BCUT2D eigenvalue weighted by atomic mass is 10.0. The highest BCUT2D eigenvalue weighted by Crippen LogP contribution is 2.50. The molecule has 0 fully saturated rings. The van der Waals surface area contributed by atoms with E-state index in [1.807, 2.05) is 49.0 Å². The van der Waals surface area contributed by atoms with E-state index in [1.165, 1.54) is 15.4 Å². The number of fused-ring (bicyclic) bond motifs is 3. The molecular formula is C38H29N3S. The third-order valence-electron chi connectivity index (χ3n) is 7.44. The van der Waals surface area contributed by atoms with Crippen molar-refractivity contribution in [3.8, 4) is 28.2 Å². The van der Waals surface area contributed by atoms with Gasteiger partial charge in [-0.3, -0.25) is 4.57 Å². The summed E-state index contributed by atoms with van der Waals surface area (Å²) in [5.41, 5.74) is 9.79. The van der Waals surface area contributed by atoms with Crippen LogP contribution < -0.4 is 4.90 Å². The maximum atomic E-state index is 5.03. The van der Waals surface area contributed by atoms with Crippen molar-refractivity contribution in [1.82, 2.24) is 9.55 Å². The fourth-order valence-electron chi connectivity index (χ4n) is 5.49. The second kappa shape index (κ2) is 11.1. The number of nitrogens with zero attached hydrogens (tertiary/aromatic N) is 3. The molecule has 0 unspecified atom stereocenters. The lowest BCUT2D eigenvalue weighted by molar-refractivity contribution is 1.10. The summed E-state index contributed by atoms with van der Waals surface area (Å²) in [6.45, 7) is 6.43. The molecule has 1 aromatic heterocycles. The minimum absolute atomic E-state index is 0.928. The quantitative estimate of drug-likeness (QED) is 0.189. The Morgan fingerprint density at radius 1 is 0.690 bits per heavy atom. The summed E-state index contributed by atoms with van der Waals surface area (Å²) in [6, 6.07) is 42.7. The molecule has 1 aliphatic heterocycles. The number of hydrogen-bond donors (Lipinski definition) is 0.